The number of methoxy groups -OCH3 is 1. The Hall–Kier alpha value is -1.53. The molecule has 6 heteroatoms. The van der Waals surface area contributed by atoms with Crippen molar-refractivity contribution in [2.45, 2.75) is 9.24 Å². The highest BCUT2D eigenvalue weighted by molar-refractivity contribution is 8.01. The van der Waals surface area contributed by atoms with Crippen LogP contribution < -0.4 is 10.5 Å². The van der Waals surface area contributed by atoms with E-state index in [2.05, 4.69) is 4.98 Å². The number of nitrogens with zero attached hydrogens (tertiary/aromatic N) is 1. The van der Waals surface area contributed by atoms with E-state index in [1.54, 1.807) is 36.8 Å². The zero-order chi connectivity index (χ0) is 12.3. The lowest BCUT2D eigenvalue weighted by molar-refractivity contribution is 0.413. The third-order valence-corrected chi connectivity index (χ3v) is 4.03. The van der Waals surface area contributed by atoms with Gasteiger partial charge in [0.15, 0.2) is 4.34 Å². The van der Waals surface area contributed by atoms with Crippen LogP contribution in [0, 0.1) is 5.41 Å². The van der Waals surface area contributed by atoms with Gasteiger partial charge in [0.2, 0.25) is 0 Å². The predicted molar refractivity (Wildman–Crippen MR) is 70.2 cm³/mol. The second kappa shape index (κ2) is 5.20. The van der Waals surface area contributed by atoms with Crippen LogP contribution in [0.5, 0.6) is 5.75 Å². The molecule has 1 heterocycles. The second-order valence-corrected chi connectivity index (χ2v) is 5.36. The number of hydrogen-bond acceptors (Lipinski definition) is 5. The third-order valence-electron chi connectivity index (χ3n) is 2.09. The SMILES string of the molecule is COc1ccc(C(=N)N)c(Sc2nccs2)c1. The maximum Gasteiger partial charge on any atom is 0.154 e. The Kier molecular flexibility index (Phi) is 3.65. The first-order valence-corrected chi connectivity index (χ1v) is 6.50. The van der Waals surface area contributed by atoms with E-state index in [1.807, 2.05) is 11.4 Å². The summed E-state index contributed by atoms with van der Waals surface area (Å²) in [7, 11) is 1.61. The van der Waals surface area contributed by atoms with Gasteiger partial charge in [0.1, 0.15) is 11.6 Å². The van der Waals surface area contributed by atoms with Gasteiger partial charge in [0, 0.05) is 22.0 Å². The van der Waals surface area contributed by atoms with Crippen LogP contribution in [0.3, 0.4) is 0 Å². The van der Waals surface area contributed by atoms with Crippen LogP contribution in [0.1, 0.15) is 5.56 Å². The summed E-state index contributed by atoms with van der Waals surface area (Å²) in [4.78, 5) is 5.08. The Balaban J connectivity index is 2.38. The van der Waals surface area contributed by atoms with Crippen LogP contribution in [-0.2, 0) is 0 Å². The van der Waals surface area contributed by atoms with Gasteiger partial charge in [-0.1, -0.05) is 11.8 Å². The fourth-order valence-electron chi connectivity index (χ4n) is 1.29. The molecular formula is C11H11N3OS2. The monoisotopic (exact) mass is 265 g/mol. The van der Waals surface area contributed by atoms with Crippen molar-refractivity contribution >= 4 is 28.9 Å². The average molecular weight is 265 g/mol. The summed E-state index contributed by atoms with van der Waals surface area (Å²) in [5.74, 6) is 0.792. The van der Waals surface area contributed by atoms with Crippen molar-refractivity contribution in [2.75, 3.05) is 7.11 Å². The number of benzene rings is 1. The maximum absolute atomic E-state index is 7.54. The molecule has 0 aliphatic rings. The van der Waals surface area contributed by atoms with E-state index >= 15 is 0 Å². The first-order chi connectivity index (χ1) is 8.20. The first-order valence-electron chi connectivity index (χ1n) is 4.80. The number of hydrogen-bond donors (Lipinski definition) is 2. The molecule has 0 bridgehead atoms. The second-order valence-electron chi connectivity index (χ2n) is 3.18. The Labute approximate surface area is 107 Å². The van der Waals surface area contributed by atoms with Crippen molar-refractivity contribution in [1.29, 1.82) is 5.41 Å². The zero-order valence-electron chi connectivity index (χ0n) is 9.14. The molecule has 0 fully saturated rings. The summed E-state index contributed by atoms with van der Waals surface area (Å²) < 4.78 is 6.08. The lowest BCUT2D eigenvalue weighted by atomic mass is 10.2. The van der Waals surface area contributed by atoms with E-state index in [-0.39, 0.29) is 5.84 Å². The standard InChI is InChI=1S/C11H11N3OS2/c1-15-7-2-3-8(10(12)13)9(6-7)17-11-14-4-5-16-11/h2-6H,1H3,(H3,12,13). The highest BCUT2D eigenvalue weighted by Crippen LogP contribution is 2.33. The molecule has 2 aromatic rings. The van der Waals surface area contributed by atoms with Crippen molar-refractivity contribution in [1.82, 2.24) is 4.98 Å². The smallest absolute Gasteiger partial charge is 0.154 e. The lowest BCUT2D eigenvalue weighted by Gasteiger charge is -2.08. The van der Waals surface area contributed by atoms with Crippen LogP contribution >= 0.6 is 23.1 Å². The minimum Gasteiger partial charge on any atom is -0.497 e. The van der Waals surface area contributed by atoms with Crippen molar-refractivity contribution in [3.63, 3.8) is 0 Å². The van der Waals surface area contributed by atoms with Gasteiger partial charge in [0.25, 0.3) is 0 Å². The number of nitrogens with two attached hydrogens (primary N) is 1. The van der Waals surface area contributed by atoms with E-state index in [0.717, 1.165) is 15.0 Å². The maximum atomic E-state index is 7.54. The first kappa shape index (κ1) is 11.9. The predicted octanol–water partition coefficient (Wildman–Crippen LogP) is 2.59. The van der Waals surface area contributed by atoms with Gasteiger partial charge in [-0.15, -0.1) is 11.3 Å². The normalized spacial score (nSPS) is 10.2. The minimum atomic E-state index is 0.0479. The molecule has 1 aromatic carbocycles. The Morgan fingerprint density at radius 3 is 2.94 bits per heavy atom. The van der Waals surface area contributed by atoms with Crippen LogP contribution in [0.15, 0.2) is 39.0 Å². The topological polar surface area (TPSA) is 72.0 Å². The summed E-state index contributed by atoms with van der Waals surface area (Å²) in [6.45, 7) is 0. The van der Waals surface area contributed by atoms with Crippen LogP contribution in [-0.4, -0.2) is 17.9 Å². The Bertz CT molecular complexity index is 526. The molecule has 0 amide bonds. The molecule has 2 rings (SSSR count). The average Bonchev–Trinajstić information content (AvgIpc) is 2.81. The molecule has 17 heavy (non-hydrogen) atoms. The van der Waals surface area contributed by atoms with Crippen LogP contribution in [0.25, 0.3) is 0 Å². The molecule has 88 valence electrons. The third kappa shape index (κ3) is 2.78. The van der Waals surface area contributed by atoms with Gasteiger partial charge >= 0.3 is 0 Å². The van der Waals surface area contributed by atoms with Crippen molar-refractivity contribution in [3.8, 4) is 5.75 Å². The number of ether oxygens (including phenoxy) is 1. The Morgan fingerprint density at radius 1 is 1.53 bits per heavy atom. The number of amidine groups is 1. The highest BCUT2D eigenvalue weighted by atomic mass is 32.2. The number of aromatic nitrogens is 1. The highest BCUT2D eigenvalue weighted by Gasteiger charge is 2.10. The fourth-order valence-corrected chi connectivity index (χ4v) is 3.04. The molecule has 4 nitrogen and oxygen atoms in total. The summed E-state index contributed by atoms with van der Waals surface area (Å²) in [5.41, 5.74) is 6.25. The number of nitrogens with one attached hydrogen (secondary N) is 1. The van der Waals surface area contributed by atoms with Gasteiger partial charge in [-0.05, 0) is 18.2 Å². The zero-order valence-corrected chi connectivity index (χ0v) is 10.8. The van der Waals surface area contributed by atoms with Crippen molar-refractivity contribution < 1.29 is 4.74 Å². The van der Waals surface area contributed by atoms with Gasteiger partial charge in [-0.3, -0.25) is 5.41 Å². The molecule has 0 atom stereocenters. The number of rotatable bonds is 4. The molecule has 0 radical (unpaired) electrons. The molecule has 0 spiro atoms. The van der Waals surface area contributed by atoms with Gasteiger partial charge in [-0.2, -0.15) is 0 Å². The summed E-state index contributed by atoms with van der Waals surface area (Å²) in [6, 6.07) is 5.45. The summed E-state index contributed by atoms with van der Waals surface area (Å²) in [6.07, 6.45) is 1.75. The van der Waals surface area contributed by atoms with Crippen LogP contribution in [0.4, 0.5) is 0 Å². The van der Waals surface area contributed by atoms with E-state index in [0.29, 0.717) is 5.56 Å². The molecule has 0 saturated carbocycles. The quantitative estimate of drug-likeness (QED) is 0.658. The van der Waals surface area contributed by atoms with Gasteiger partial charge in [-0.25, -0.2) is 4.98 Å². The van der Waals surface area contributed by atoms with Crippen molar-refractivity contribution in [2.24, 2.45) is 5.73 Å². The van der Waals surface area contributed by atoms with Crippen LogP contribution in [0.2, 0.25) is 0 Å². The minimum absolute atomic E-state index is 0.0479. The lowest BCUT2D eigenvalue weighted by Crippen LogP contribution is -2.12. The molecule has 0 aliphatic heterocycles. The molecule has 3 N–H and O–H groups in total. The van der Waals surface area contributed by atoms with E-state index < -0.39 is 0 Å². The molecular weight excluding hydrogens is 254 g/mol. The van der Waals surface area contributed by atoms with E-state index in [4.69, 9.17) is 15.9 Å². The molecule has 0 unspecified atom stereocenters. The number of nitrogen functional groups attached to an aromatic ring is 1. The molecule has 0 aliphatic carbocycles. The molecule has 1 aromatic heterocycles. The largest absolute Gasteiger partial charge is 0.497 e. The van der Waals surface area contributed by atoms with E-state index in [1.165, 1.54) is 11.8 Å². The number of thiazole rings is 1. The van der Waals surface area contributed by atoms with Gasteiger partial charge in [0.05, 0.1) is 7.11 Å². The molecule has 0 saturated heterocycles. The van der Waals surface area contributed by atoms with Crippen molar-refractivity contribution in [3.05, 3.63) is 35.3 Å². The fraction of sp³-hybridized carbons (Fsp3) is 0.0909. The summed E-state index contributed by atoms with van der Waals surface area (Å²) >= 11 is 3.04. The Morgan fingerprint density at radius 2 is 2.35 bits per heavy atom. The van der Waals surface area contributed by atoms with Gasteiger partial charge < -0.3 is 10.5 Å². The van der Waals surface area contributed by atoms with E-state index in [9.17, 15) is 0 Å². The summed E-state index contributed by atoms with van der Waals surface area (Å²) in [5, 5.41) is 9.45.